The van der Waals surface area contributed by atoms with Gasteiger partial charge < -0.3 is 9.47 Å². The molecule has 1 saturated carbocycles. The van der Waals surface area contributed by atoms with Gasteiger partial charge in [0, 0.05) is 6.42 Å². The largest absolute Gasteiger partial charge is 0.466 e. The monoisotopic (exact) mass is 238 g/mol. The van der Waals surface area contributed by atoms with Crippen LogP contribution < -0.4 is 0 Å². The molecule has 0 bridgehead atoms. The van der Waals surface area contributed by atoms with E-state index >= 15 is 0 Å². The van der Waals surface area contributed by atoms with Crippen LogP contribution in [0, 0.1) is 5.92 Å². The number of hydrogen-bond donors (Lipinski definition) is 0. The zero-order valence-electron chi connectivity index (χ0n) is 10.8. The number of rotatable bonds is 5. The van der Waals surface area contributed by atoms with Crippen LogP contribution in [-0.2, 0) is 14.3 Å². The molecule has 0 N–H and O–H groups in total. The molecule has 0 amide bonds. The first kappa shape index (κ1) is 12.6. The number of carbonyl (C=O) groups excluding carboxylic acids is 1. The predicted molar refractivity (Wildman–Crippen MR) is 65.6 cm³/mol. The van der Waals surface area contributed by atoms with Crippen molar-refractivity contribution < 1.29 is 14.3 Å². The van der Waals surface area contributed by atoms with E-state index in [4.69, 9.17) is 9.47 Å². The minimum Gasteiger partial charge on any atom is -0.466 e. The Hall–Kier alpha value is -0.830. The highest BCUT2D eigenvalue weighted by Gasteiger charge is 2.58. The zero-order chi connectivity index (χ0) is 12.5. The molecule has 2 rings (SSSR count). The Kier molecular flexibility index (Phi) is 3.57. The molecule has 17 heavy (non-hydrogen) atoms. The summed E-state index contributed by atoms with van der Waals surface area (Å²) in [7, 11) is 0. The Balaban J connectivity index is 1.78. The van der Waals surface area contributed by atoms with Crippen LogP contribution in [0.25, 0.3) is 0 Å². The van der Waals surface area contributed by atoms with E-state index in [0.717, 1.165) is 25.7 Å². The van der Waals surface area contributed by atoms with Crippen LogP contribution in [-0.4, -0.2) is 24.3 Å². The molecule has 3 heteroatoms. The second-order valence-corrected chi connectivity index (χ2v) is 5.29. The van der Waals surface area contributed by atoms with Gasteiger partial charge in [-0.1, -0.05) is 12.2 Å². The van der Waals surface area contributed by atoms with Crippen LogP contribution >= 0.6 is 0 Å². The lowest BCUT2D eigenvalue weighted by atomic mass is 9.77. The van der Waals surface area contributed by atoms with Crippen LogP contribution in [0.4, 0.5) is 0 Å². The molecular formula is C14H22O3. The van der Waals surface area contributed by atoms with E-state index in [2.05, 4.69) is 13.5 Å². The fourth-order valence-electron chi connectivity index (χ4n) is 2.87. The molecule has 3 atom stereocenters. The number of fused-ring (bicyclic) bond motifs is 1. The number of carbonyl (C=O) groups is 1. The van der Waals surface area contributed by atoms with Gasteiger partial charge in [0.2, 0.25) is 0 Å². The third kappa shape index (κ3) is 2.71. The molecule has 0 aromatic carbocycles. The van der Waals surface area contributed by atoms with E-state index in [1.54, 1.807) is 0 Å². The van der Waals surface area contributed by atoms with Gasteiger partial charge in [0.25, 0.3) is 0 Å². The number of hydrogen-bond acceptors (Lipinski definition) is 3. The van der Waals surface area contributed by atoms with Gasteiger partial charge in [0.05, 0.1) is 18.3 Å². The van der Waals surface area contributed by atoms with Gasteiger partial charge in [-0.2, -0.15) is 0 Å². The molecule has 0 radical (unpaired) electrons. The van der Waals surface area contributed by atoms with E-state index < -0.39 is 0 Å². The van der Waals surface area contributed by atoms with E-state index in [0.29, 0.717) is 25.0 Å². The van der Waals surface area contributed by atoms with Crippen LogP contribution in [0.5, 0.6) is 0 Å². The van der Waals surface area contributed by atoms with Crippen molar-refractivity contribution in [3.8, 4) is 0 Å². The molecule has 3 nitrogen and oxygen atoms in total. The minimum absolute atomic E-state index is 0.00128. The highest BCUT2D eigenvalue weighted by atomic mass is 16.6. The molecule has 2 fully saturated rings. The minimum atomic E-state index is -0.0989. The third-order valence-corrected chi connectivity index (χ3v) is 4.08. The van der Waals surface area contributed by atoms with Crippen molar-refractivity contribution in [3.63, 3.8) is 0 Å². The highest BCUT2D eigenvalue weighted by Crippen LogP contribution is 2.53. The fraction of sp³-hybridized carbons (Fsp3) is 0.786. The summed E-state index contributed by atoms with van der Waals surface area (Å²) >= 11 is 0. The fourth-order valence-corrected chi connectivity index (χ4v) is 2.87. The van der Waals surface area contributed by atoms with Crippen molar-refractivity contribution in [1.82, 2.24) is 0 Å². The van der Waals surface area contributed by atoms with Crippen LogP contribution in [0.2, 0.25) is 0 Å². The predicted octanol–water partition coefficient (Wildman–Crippen LogP) is 2.84. The molecule has 0 aromatic heterocycles. The van der Waals surface area contributed by atoms with Gasteiger partial charge in [-0.05, 0) is 45.4 Å². The summed E-state index contributed by atoms with van der Waals surface area (Å²) in [4.78, 5) is 11.3. The van der Waals surface area contributed by atoms with Gasteiger partial charge in [-0.15, -0.1) is 0 Å². The van der Waals surface area contributed by atoms with E-state index in [1.807, 2.05) is 6.92 Å². The quantitative estimate of drug-likeness (QED) is 0.420. The van der Waals surface area contributed by atoms with E-state index in [-0.39, 0.29) is 11.6 Å². The summed E-state index contributed by atoms with van der Waals surface area (Å²) < 4.78 is 10.8. The first-order valence-electron chi connectivity index (χ1n) is 6.56. The van der Waals surface area contributed by atoms with Crippen LogP contribution in [0.15, 0.2) is 12.2 Å². The second-order valence-electron chi connectivity index (χ2n) is 5.29. The van der Waals surface area contributed by atoms with E-state index in [1.165, 1.54) is 5.57 Å². The maximum absolute atomic E-state index is 11.3. The molecule has 1 aliphatic heterocycles. The van der Waals surface area contributed by atoms with Gasteiger partial charge in [-0.3, -0.25) is 4.79 Å². The summed E-state index contributed by atoms with van der Waals surface area (Å²) in [6.45, 7) is 8.42. The molecular weight excluding hydrogens is 216 g/mol. The van der Waals surface area contributed by atoms with Crippen molar-refractivity contribution in [2.45, 2.75) is 57.7 Å². The summed E-state index contributed by atoms with van der Waals surface area (Å²) in [5.41, 5.74) is 1.26. The first-order chi connectivity index (χ1) is 8.07. The lowest BCUT2D eigenvalue weighted by Gasteiger charge is -2.24. The van der Waals surface area contributed by atoms with Crippen molar-refractivity contribution in [3.05, 3.63) is 12.2 Å². The Morgan fingerprint density at radius 3 is 2.94 bits per heavy atom. The lowest BCUT2D eigenvalue weighted by molar-refractivity contribution is -0.143. The van der Waals surface area contributed by atoms with Crippen molar-refractivity contribution in [2.24, 2.45) is 5.92 Å². The standard InChI is InChI=1S/C14H22O3/c1-4-16-13(15)6-8-14-7-5-11(10(2)3)9-12(14)17-14/h11-12H,2,4-9H2,1,3H3/t11-,12-,14-/m0/s1. The molecule has 96 valence electrons. The number of allylic oxidation sites excluding steroid dienone is 1. The summed E-state index contributed by atoms with van der Waals surface area (Å²) in [5.74, 6) is 0.511. The molecule has 1 saturated heterocycles. The normalized spacial score (nSPS) is 34.9. The van der Waals surface area contributed by atoms with Crippen LogP contribution in [0.1, 0.15) is 46.0 Å². The average molecular weight is 238 g/mol. The smallest absolute Gasteiger partial charge is 0.305 e. The molecule has 1 aliphatic carbocycles. The van der Waals surface area contributed by atoms with Crippen LogP contribution in [0.3, 0.4) is 0 Å². The van der Waals surface area contributed by atoms with E-state index in [9.17, 15) is 4.79 Å². The SMILES string of the molecule is C=C(C)[C@H]1CC[C@@]2(CCC(=O)OCC)O[C@H]2C1. The number of esters is 1. The molecule has 2 aliphatic rings. The Bertz CT molecular complexity index is 323. The number of ether oxygens (including phenoxy) is 2. The van der Waals surface area contributed by atoms with Gasteiger partial charge in [-0.25, -0.2) is 0 Å². The molecule has 0 spiro atoms. The highest BCUT2D eigenvalue weighted by molar-refractivity contribution is 5.69. The van der Waals surface area contributed by atoms with Crippen molar-refractivity contribution >= 4 is 5.97 Å². The van der Waals surface area contributed by atoms with Gasteiger partial charge >= 0.3 is 5.97 Å². The maximum Gasteiger partial charge on any atom is 0.305 e. The Labute approximate surface area is 103 Å². The Morgan fingerprint density at radius 1 is 1.59 bits per heavy atom. The van der Waals surface area contributed by atoms with Gasteiger partial charge in [0.15, 0.2) is 0 Å². The molecule has 0 unspecified atom stereocenters. The summed E-state index contributed by atoms with van der Waals surface area (Å²) in [5, 5.41) is 0. The zero-order valence-corrected chi connectivity index (χ0v) is 10.8. The molecule has 0 aromatic rings. The maximum atomic E-state index is 11.3. The topological polar surface area (TPSA) is 38.8 Å². The summed E-state index contributed by atoms with van der Waals surface area (Å²) in [6, 6.07) is 0. The number of epoxide rings is 1. The van der Waals surface area contributed by atoms with Gasteiger partial charge in [0.1, 0.15) is 0 Å². The Morgan fingerprint density at radius 2 is 2.35 bits per heavy atom. The van der Waals surface area contributed by atoms with Crippen molar-refractivity contribution in [1.29, 1.82) is 0 Å². The second kappa shape index (κ2) is 4.81. The average Bonchev–Trinajstić information content (AvgIpc) is 3.00. The third-order valence-electron chi connectivity index (χ3n) is 4.08. The molecule has 1 heterocycles. The lowest BCUT2D eigenvalue weighted by Crippen LogP contribution is -2.25. The van der Waals surface area contributed by atoms with Crippen molar-refractivity contribution in [2.75, 3.05) is 6.61 Å². The first-order valence-corrected chi connectivity index (χ1v) is 6.56. The summed E-state index contributed by atoms with van der Waals surface area (Å²) in [6.07, 6.45) is 4.95.